The van der Waals surface area contributed by atoms with E-state index >= 15 is 0 Å². The van der Waals surface area contributed by atoms with E-state index in [0.717, 1.165) is 0 Å². The van der Waals surface area contributed by atoms with Crippen LogP contribution in [0.3, 0.4) is 0 Å². The molecule has 0 rings (SSSR count). The molecule has 4 nitrogen and oxygen atoms in total. The summed E-state index contributed by atoms with van der Waals surface area (Å²) in [6, 6.07) is 0. The summed E-state index contributed by atoms with van der Waals surface area (Å²) >= 11 is 0. The molecule has 0 saturated heterocycles. The highest BCUT2D eigenvalue weighted by Gasteiger charge is 2.28. The Bertz CT molecular complexity index is 155. The first-order valence-corrected chi connectivity index (χ1v) is 4.66. The molecule has 0 aliphatic heterocycles. The molecule has 0 heterocycles. The van der Waals surface area contributed by atoms with Gasteiger partial charge in [0.25, 0.3) is 0 Å². The molecule has 0 atom stereocenters. The molecule has 0 aliphatic carbocycles. The first kappa shape index (κ1) is 14.6. The van der Waals surface area contributed by atoms with Gasteiger partial charge in [-0.25, -0.2) is 0 Å². The lowest BCUT2D eigenvalue weighted by atomic mass is 10.5. The lowest BCUT2D eigenvalue weighted by Crippen LogP contribution is -2.33. The smallest absolute Gasteiger partial charge is 0.395 e. The molecule has 0 aromatic carbocycles. The lowest BCUT2D eigenvalue weighted by molar-refractivity contribution is -0.324. The molecule has 2 N–H and O–H groups in total. The van der Waals surface area contributed by atoms with Crippen LogP contribution in [0.2, 0.25) is 0 Å². The van der Waals surface area contributed by atoms with Gasteiger partial charge >= 0.3 is 6.36 Å². The quantitative estimate of drug-likeness (QED) is 0.578. The fraction of sp³-hybridized carbons (Fsp3) is 1.00. The SMILES string of the molecule is CN(CCNCCO)CCOC(F)(F)F. The number of alkyl halides is 3. The molecule has 0 aromatic rings. The van der Waals surface area contributed by atoms with Crippen molar-refractivity contribution in [2.24, 2.45) is 0 Å². The molecule has 0 radical (unpaired) electrons. The molecule has 0 aromatic heterocycles. The molecule has 7 heteroatoms. The maximum absolute atomic E-state index is 11.6. The second kappa shape index (κ2) is 7.86. The van der Waals surface area contributed by atoms with Crippen molar-refractivity contribution in [3.05, 3.63) is 0 Å². The lowest BCUT2D eigenvalue weighted by Gasteiger charge is -2.17. The number of aliphatic hydroxyl groups excluding tert-OH is 1. The Morgan fingerprint density at radius 1 is 1.27 bits per heavy atom. The molecule has 0 aliphatic rings. The minimum Gasteiger partial charge on any atom is -0.395 e. The van der Waals surface area contributed by atoms with Crippen molar-refractivity contribution in [2.45, 2.75) is 6.36 Å². The molecule has 0 fully saturated rings. The third-order valence-corrected chi connectivity index (χ3v) is 1.70. The normalized spacial score (nSPS) is 12.4. The molecular formula is C8H17F3N2O2. The van der Waals surface area contributed by atoms with E-state index in [-0.39, 0.29) is 19.8 Å². The summed E-state index contributed by atoms with van der Waals surface area (Å²) in [4.78, 5) is 1.72. The van der Waals surface area contributed by atoms with Gasteiger partial charge in [-0.2, -0.15) is 0 Å². The number of halogens is 3. The molecule has 0 amide bonds. The maximum atomic E-state index is 11.6. The van der Waals surface area contributed by atoms with E-state index in [1.165, 1.54) is 0 Å². The standard InChI is InChI=1S/C8H17F3N2O2/c1-13(4-2-12-3-6-14)5-7-15-8(9,10)11/h12,14H,2-7H2,1H3. The number of ether oxygens (including phenoxy) is 1. The van der Waals surface area contributed by atoms with Gasteiger partial charge < -0.3 is 15.3 Å². The van der Waals surface area contributed by atoms with Crippen LogP contribution in [0.5, 0.6) is 0 Å². The van der Waals surface area contributed by atoms with Crippen molar-refractivity contribution in [1.29, 1.82) is 0 Å². The Kier molecular flexibility index (Phi) is 7.67. The third-order valence-electron chi connectivity index (χ3n) is 1.70. The first-order chi connectivity index (χ1) is 6.95. The van der Waals surface area contributed by atoms with Crippen molar-refractivity contribution in [2.75, 3.05) is 46.4 Å². The van der Waals surface area contributed by atoms with Crippen LogP contribution in [-0.4, -0.2) is 62.8 Å². The van der Waals surface area contributed by atoms with Crippen LogP contribution >= 0.6 is 0 Å². The van der Waals surface area contributed by atoms with Crippen molar-refractivity contribution in [3.63, 3.8) is 0 Å². The number of nitrogens with zero attached hydrogens (tertiary/aromatic N) is 1. The van der Waals surface area contributed by atoms with Crippen LogP contribution in [0.15, 0.2) is 0 Å². The van der Waals surface area contributed by atoms with E-state index in [1.807, 2.05) is 0 Å². The third kappa shape index (κ3) is 11.6. The summed E-state index contributed by atoms with van der Waals surface area (Å²) < 4.78 is 38.4. The molecule has 92 valence electrons. The van der Waals surface area contributed by atoms with Crippen LogP contribution in [0.4, 0.5) is 13.2 Å². The Morgan fingerprint density at radius 3 is 2.47 bits per heavy atom. The molecule has 0 spiro atoms. The Morgan fingerprint density at radius 2 is 1.93 bits per heavy atom. The van der Waals surface area contributed by atoms with Gasteiger partial charge in [0.15, 0.2) is 0 Å². The number of aliphatic hydroxyl groups is 1. The summed E-state index contributed by atoms with van der Waals surface area (Å²) in [6.07, 6.45) is -4.55. The van der Waals surface area contributed by atoms with Crippen LogP contribution in [-0.2, 0) is 4.74 Å². The van der Waals surface area contributed by atoms with Gasteiger partial charge in [0.1, 0.15) is 0 Å². The number of hydrogen-bond acceptors (Lipinski definition) is 4. The molecular weight excluding hydrogens is 213 g/mol. The van der Waals surface area contributed by atoms with Crippen LogP contribution < -0.4 is 5.32 Å². The van der Waals surface area contributed by atoms with E-state index in [1.54, 1.807) is 11.9 Å². The van der Waals surface area contributed by atoms with Gasteiger partial charge in [0.2, 0.25) is 0 Å². The fourth-order valence-electron chi connectivity index (χ4n) is 0.903. The topological polar surface area (TPSA) is 44.7 Å². The van der Waals surface area contributed by atoms with Gasteiger partial charge in [0.05, 0.1) is 13.2 Å². The van der Waals surface area contributed by atoms with Gasteiger partial charge in [-0.3, -0.25) is 4.74 Å². The minimum atomic E-state index is -4.55. The van der Waals surface area contributed by atoms with Gasteiger partial charge in [0, 0.05) is 26.2 Å². The van der Waals surface area contributed by atoms with Crippen LogP contribution in [0, 0.1) is 0 Å². The molecule has 0 saturated carbocycles. The van der Waals surface area contributed by atoms with Crippen LogP contribution in [0.1, 0.15) is 0 Å². The number of nitrogens with one attached hydrogen (secondary N) is 1. The Labute approximate surface area is 87.0 Å². The number of likely N-dealkylation sites (N-methyl/N-ethyl adjacent to an activating group) is 1. The summed E-state index contributed by atoms with van der Waals surface area (Å²) in [5.41, 5.74) is 0. The number of hydrogen-bond donors (Lipinski definition) is 2. The average Bonchev–Trinajstić information content (AvgIpc) is 2.10. The zero-order valence-electron chi connectivity index (χ0n) is 8.68. The molecule has 0 unspecified atom stereocenters. The summed E-state index contributed by atoms with van der Waals surface area (Å²) in [6.45, 7) is 1.65. The number of rotatable bonds is 8. The largest absolute Gasteiger partial charge is 0.522 e. The predicted molar refractivity (Wildman–Crippen MR) is 49.5 cm³/mol. The van der Waals surface area contributed by atoms with Gasteiger partial charge in [-0.1, -0.05) is 0 Å². The van der Waals surface area contributed by atoms with Crippen molar-refractivity contribution < 1.29 is 23.0 Å². The zero-order valence-corrected chi connectivity index (χ0v) is 8.68. The zero-order chi connectivity index (χ0) is 11.7. The van der Waals surface area contributed by atoms with Crippen molar-refractivity contribution in [3.8, 4) is 0 Å². The Hall–Kier alpha value is -0.370. The predicted octanol–water partition coefficient (Wildman–Crippen LogP) is 0.0365. The first-order valence-electron chi connectivity index (χ1n) is 4.66. The monoisotopic (exact) mass is 230 g/mol. The van der Waals surface area contributed by atoms with Crippen LogP contribution in [0.25, 0.3) is 0 Å². The summed E-state index contributed by atoms with van der Waals surface area (Å²) in [5.74, 6) is 0. The highest BCUT2D eigenvalue weighted by atomic mass is 19.4. The van der Waals surface area contributed by atoms with E-state index in [4.69, 9.17) is 5.11 Å². The van der Waals surface area contributed by atoms with E-state index in [2.05, 4.69) is 10.1 Å². The second-order valence-electron chi connectivity index (χ2n) is 3.07. The minimum absolute atomic E-state index is 0.0564. The molecule has 0 bridgehead atoms. The maximum Gasteiger partial charge on any atom is 0.522 e. The van der Waals surface area contributed by atoms with Gasteiger partial charge in [-0.15, -0.1) is 13.2 Å². The van der Waals surface area contributed by atoms with Gasteiger partial charge in [-0.05, 0) is 7.05 Å². The van der Waals surface area contributed by atoms with E-state index in [0.29, 0.717) is 19.6 Å². The highest BCUT2D eigenvalue weighted by molar-refractivity contribution is 4.54. The van der Waals surface area contributed by atoms with Crippen molar-refractivity contribution in [1.82, 2.24) is 10.2 Å². The summed E-state index contributed by atoms with van der Waals surface area (Å²) in [5, 5.41) is 11.4. The molecule has 15 heavy (non-hydrogen) atoms. The van der Waals surface area contributed by atoms with E-state index in [9.17, 15) is 13.2 Å². The fourth-order valence-corrected chi connectivity index (χ4v) is 0.903. The van der Waals surface area contributed by atoms with Crippen molar-refractivity contribution >= 4 is 0 Å². The Balaban J connectivity index is 3.29. The second-order valence-corrected chi connectivity index (χ2v) is 3.07. The van der Waals surface area contributed by atoms with E-state index < -0.39 is 6.36 Å². The average molecular weight is 230 g/mol. The highest BCUT2D eigenvalue weighted by Crippen LogP contribution is 2.15. The summed E-state index contributed by atoms with van der Waals surface area (Å²) in [7, 11) is 1.71.